The van der Waals surface area contributed by atoms with E-state index in [0.717, 1.165) is 13.0 Å². The maximum absolute atomic E-state index is 6.07. The molecule has 0 saturated heterocycles. The molecule has 242 valence electrons. The molecule has 1 saturated carbocycles. The summed E-state index contributed by atoms with van der Waals surface area (Å²) in [5.41, 5.74) is 10.0. The third-order valence-electron chi connectivity index (χ3n) is 11.3. The summed E-state index contributed by atoms with van der Waals surface area (Å²) < 4.78 is 6.07. The average molecular weight is 638 g/mol. The average Bonchev–Trinajstić information content (AvgIpc) is 3.60. The van der Waals surface area contributed by atoms with Gasteiger partial charge in [0.25, 0.3) is 0 Å². The molecule has 4 aliphatic carbocycles. The lowest BCUT2D eigenvalue weighted by Crippen LogP contribution is -2.43. The van der Waals surface area contributed by atoms with Crippen LogP contribution in [0.15, 0.2) is 88.7 Å². The van der Waals surface area contributed by atoms with Crippen molar-refractivity contribution in [3.8, 4) is 0 Å². The second kappa shape index (κ2) is 12.5. The Balaban J connectivity index is 1.39. The van der Waals surface area contributed by atoms with Gasteiger partial charge in [0.2, 0.25) is 0 Å². The van der Waals surface area contributed by atoms with Gasteiger partial charge in [-0.1, -0.05) is 123 Å². The van der Waals surface area contributed by atoms with Crippen LogP contribution in [0.2, 0.25) is 43.8 Å². The zero-order chi connectivity index (χ0) is 32.1. The second-order valence-electron chi connectivity index (χ2n) is 17.2. The van der Waals surface area contributed by atoms with Gasteiger partial charge < -0.3 is 9.64 Å². The molecule has 1 fully saturated rings. The van der Waals surface area contributed by atoms with Gasteiger partial charge in [0.15, 0.2) is 0 Å². The second-order valence-corrected chi connectivity index (χ2v) is 27.2. The van der Waals surface area contributed by atoms with Crippen molar-refractivity contribution >= 4 is 21.8 Å². The topological polar surface area (TPSA) is 12.5 Å². The van der Waals surface area contributed by atoms with E-state index >= 15 is 0 Å². The van der Waals surface area contributed by atoms with Gasteiger partial charge in [-0.25, -0.2) is 0 Å². The molecule has 6 atom stereocenters. The molecule has 1 aliphatic heterocycles. The molecule has 1 aromatic rings. The zero-order valence-electron chi connectivity index (χ0n) is 29.7. The smallest absolute Gasteiger partial charge is 0.0888 e. The molecule has 1 aromatic carbocycles. The molecule has 6 unspecified atom stereocenters. The van der Waals surface area contributed by atoms with Crippen molar-refractivity contribution in [2.45, 2.75) is 121 Å². The predicted octanol–water partition coefficient (Wildman–Crippen LogP) is 11.1. The van der Waals surface area contributed by atoms with Crippen molar-refractivity contribution in [2.75, 3.05) is 18.6 Å². The van der Waals surface area contributed by atoms with Crippen molar-refractivity contribution in [1.82, 2.24) is 0 Å². The summed E-state index contributed by atoms with van der Waals surface area (Å²) in [7, 11) is -0.916. The molecule has 2 nitrogen and oxygen atoms in total. The van der Waals surface area contributed by atoms with Gasteiger partial charge in [-0.3, -0.25) is 0 Å². The van der Waals surface area contributed by atoms with Crippen LogP contribution in [-0.2, 0) is 4.74 Å². The third-order valence-corrected chi connectivity index (χ3v) is 18.0. The summed E-state index contributed by atoms with van der Waals surface area (Å²) >= 11 is 0. The minimum Gasteiger partial charge on any atom is -0.376 e. The first-order chi connectivity index (χ1) is 21.3. The van der Waals surface area contributed by atoms with Crippen molar-refractivity contribution in [1.29, 1.82) is 0 Å². The Bertz CT molecular complexity index is 1480. The summed E-state index contributed by atoms with van der Waals surface area (Å²) in [6.45, 7) is 20.1. The first kappa shape index (κ1) is 32.8. The molecule has 0 amide bonds. The van der Waals surface area contributed by atoms with Crippen molar-refractivity contribution in [2.24, 2.45) is 11.8 Å². The molecule has 0 radical (unpaired) electrons. The monoisotopic (exact) mass is 637 g/mol. The SMILES string of the molecule is Cc1ccc2c(c1)C1C(C3C=CC=CC3C1[Si](C)(CCCCCCOC(C)(C)C)C1=CC(C[Si](C)(C)C)=C3C=CCC=C13)N2C. The highest BCUT2D eigenvalue weighted by Crippen LogP contribution is 2.66. The van der Waals surface area contributed by atoms with Crippen molar-refractivity contribution in [3.63, 3.8) is 0 Å². The normalized spacial score (nSPS) is 28.1. The minimum atomic E-state index is -2.03. The highest BCUT2D eigenvalue weighted by atomic mass is 28.3. The molecular formula is C41H59NOSi2. The van der Waals surface area contributed by atoms with Crippen LogP contribution >= 0.6 is 0 Å². The van der Waals surface area contributed by atoms with Gasteiger partial charge in [-0.2, -0.15) is 0 Å². The maximum Gasteiger partial charge on any atom is 0.0888 e. The fraction of sp³-hybridized carbons (Fsp3) is 0.561. The van der Waals surface area contributed by atoms with Gasteiger partial charge >= 0.3 is 0 Å². The Morgan fingerprint density at radius 3 is 2.42 bits per heavy atom. The van der Waals surface area contributed by atoms with Crippen LogP contribution in [0.5, 0.6) is 0 Å². The molecule has 1 heterocycles. The number of likely N-dealkylation sites (N-methyl/N-ethyl adjacent to an activating group) is 1. The van der Waals surface area contributed by atoms with Crippen LogP contribution in [0.1, 0.15) is 69.9 Å². The lowest BCUT2D eigenvalue weighted by atomic mass is 9.89. The maximum atomic E-state index is 6.07. The molecule has 0 bridgehead atoms. The Labute approximate surface area is 277 Å². The van der Waals surface area contributed by atoms with Crippen LogP contribution in [0.4, 0.5) is 5.69 Å². The Morgan fingerprint density at radius 1 is 0.956 bits per heavy atom. The fourth-order valence-corrected chi connectivity index (χ4v) is 16.7. The predicted molar refractivity (Wildman–Crippen MR) is 201 cm³/mol. The van der Waals surface area contributed by atoms with Gasteiger partial charge in [-0.15, -0.1) is 0 Å². The molecule has 0 aromatic heterocycles. The van der Waals surface area contributed by atoms with Crippen molar-refractivity contribution in [3.05, 3.63) is 99.8 Å². The summed E-state index contributed by atoms with van der Waals surface area (Å²) in [5.74, 6) is 1.79. The van der Waals surface area contributed by atoms with Gasteiger partial charge in [0.1, 0.15) is 0 Å². The van der Waals surface area contributed by atoms with E-state index in [4.69, 9.17) is 4.74 Å². The molecule has 0 N–H and O–H groups in total. The molecule has 45 heavy (non-hydrogen) atoms. The van der Waals surface area contributed by atoms with E-state index in [-0.39, 0.29) is 5.60 Å². The minimum absolute atomic E-state index is 0.0401. The lowest BCUT2D eigenvalue weighted by Gasteiger charge is -2.42. The number of unbranched alkanes of at least 4 members (excludes halogenated alkanes) is 3. The number of nitrogens with zero attached hydrogens (tertiary/aromatic N) is 1. The number of ether oxygens (including phenoxy) is 1. The highest BCUT2D eigenvalue weighted by Gasteiger charge is 2.61. The summed E-state index contributed by atoms with van der Waals surface area (Å²) in [4.78, 5) is 2.68. The number of anilines is 1. The first-order valence-corrected chi connectivity index (χ1v) is 24.4. The van der Waals surface area contributed by atoms with Crippen LogP contribution in [0.3, 0.4) is 0 Å². The van der Waals surface area contributed by atoms with E-state index < -0.39 is 16.1 Å². The van der Waals surface area contributed by atoms with E-state index in [0.29, 0.717) is 29.3 Å². The van der Waals surface area contributed by atoms with Gasteiger partial charge in [0.05, 0.1) is 13.7 Å². The largest absolute Gasteiger partial charge is 0.376 e. The van der Waals surface area contributed by atoms with E-state index in [2.05, 4.69) is 133 Å². The summed E-state index contributed by atoms with van der Waals surface area (Å²) in [6.07, 6.45) is 26.4. The molecule has 6 rings (SSSR count). The molecule has 4 heteroatoms. The zero-order valence-corrected chi connectivity index (χ0v) is 31.7. The standard InChI is InChI=1S/C41H59NOSi2/c1-29-22-23-36-35(26-29)38-39(42(36)5)33-20-14-15-21-34(33)40(38)45(9,25-17-11-10-16-24-43-41(2,3)4)37-27-30(28-44(6,7)8)31-18-12-13-19-32(31)37/h12,14-15,18-23,26-27,33-34,38-40H,10-11,13,16-17,24-25,28H2,1-9H3. The Kier molecular flexibility index (Phi) is 9.08. The van der Waals surface area contributed by atoms with Gasteiger partial charge in [-0.05, 0) is 86.4 Å². The number of hydrogen-bond acceptors (Lipinski definition) is 2. The first-order valence-electron chi connectivity index (χ1n) is 17.9. The summed E-state index contributed by atoms with van der Waals surface area (Å²) in [6, 6.07) is 10.5. The van der Waals surface area contributed by atoms with Crippen LogP contribution in [-0.4, -0.2) is 41.4 Å². The highest BCUT2D eigenvalue weighted by molar-refractivity contribution is 6.88. The quantitative estimate of drug-likeness (QED) is 0.177. The summed E-state index contributed by atoms with van der Waals surface area (Å²) in [5, 5.41) is 1.79. The molecule has 5 aliphatic rings. The number of benzene rings is 1. The van der Waals surface area contributed by atoms with E-state index in [1.165, 1.54) is 49.0 Å². The molecular weight excluding hydrogens is 579 g/mol. The Hall–Kier alpha value is -2.15. The molecule has 0 spiro atoms. The number of hydrogen-bond donors (Lipinski definition) is 0. The number of rotatable bonds is 11. The van der Waals surface area contributed by atoms with Crippen LogP contribution in [0.25, 0.3) is 0 Å². The van der Waals surface area contributed by atoms with Crippen LogP contribution < -0.4 is 4.90 Å². The fourth-order valence-electron chi connectivity index (χ4n) is 9.59. The van der Waals surface area contributed by atoms with E-state index in [9.17, 15) is 0 Å². The third kappa shape index (κ3) is 6.41. The van der Waals surface area contributed by atoms with Gasteiger partial charge in [0, 0.05) is 45.3 Å². The van der Waals surface area contributed by atoms with Crippen molar-refractivity contribution < 1.29 is 4.74 Å². The van der Waals surface area contributed by atoms with Crippen LogP contribution in [0, 0.1) is 18.8 Å². The van der Waals surface area contributed by atoms with E-state index in [1.807, 2.05) is 0 Å². The number of aryl methyl sites for hydroxylation is 1. The Morgan fingerprint density at radius 2 is 1.69 bits per heavy atom. The van der Waals surface area contributed by atoms with E-state index in [1.54, 1.807) is 27.5 Å². The lowest BCUT2D eigenvalue weighted by molar-refractivity contribution is -0.00471. The number of fused-ring (bicyclic) bond motifs is 6. The number of allylic oxidation sites excluding steroid dienone is 11.